The number of hydrogen-bond donors (Lipinski definition) is 3. The van der Waals surface area contributed by atoms with Crippen LogP contribution in [0.4, 0.5) is 5.69 Å². The molecule has 2 amide bonds. The molecule has 0 unspecified atom stereocenters. The Bertz CT molecular complexity index is 678. The van der Waals surface area contributed by atoms with Gasteiger partial charge in [-0.15, -0.1) is 0 Å². The lowest BCUT2D eigenvalue weighted by atomic mass is 10.4. The number of carbonyl (C=O) groups is 2. The second-order valence-corrected chi connectivity index (χ2v) is 4.61. The zero-order valence-corrected chi connectivity index (χ0v) is 11.7. The first-order chi connectivity index (χ1) is 9.56. The summed E-state index contributed by atoms with van der Waals surface area (Å²) < 4.78 is 5.38. The van der Waals surface area contributed by atoms with Gasteiger partial charge in [0.2, 0.25) is 5.91 Å². The average molecular weight is 340 g/mol. The highest BCUT2D eigenvalue weighted by Gasteiger charge is 2.11. The Morgan fingerprint density at radius 1 is 1.30 bits per heavy atom. The van der Waals surface area contributed by atoms with Crippen LogP contribution in [-0.2, 0) is 4.79 Å². The van der Waals surface area contributed by atoms with Gasteiger partial charge in [-0.1, -0.05) is 0 Å². The predicted molar refractivity (Wildman–Crippen MR) is 74.4 cm³/mol. The Kier molecular flexibility index (Phi) is 4.36. The van der Waals surface area contributed by atoms with Crippen molar-refractivity contribution < 1.29 is 14.0 Å². The van der Waals surface area contributed by atoms with Crippen LogP contribution < -0.4 is 16.2 Å². The average Bonchev–Trinajstić information content (AvgIpc) is 2.93. The molecule has 8 heteroatoms. The highest BCUT2D eigenvalue weighted by Crippen LogP contribution is 2.05. The van der Waals surface area contributed by atoms with Gasteiger partial charge in [0.1, 0.15) is 5.69 Å². The van der Waals surface area contributed by atoms with Gasteiger partial charge in [0.15, 0.2) is 5.76 Å². The van der Waals surface area contributed by atoms with E-state index >= 15 is 0 Å². The van der Waals surface area contributed by atoms with Crippen molar-refractivity contribution in [3.63, 3.8) is 0 Å². The van der Waals surface area contributed by atoms with Crippen LogP contribution in [-0.4, -0.2) is 23.3 Å². The van der Waals surface area contributed by atoms with E-state index in [1.807, 2.05) is 0 Å². The quantitative estimate of drug-likeness (QED) is 0.725. The number of anilines is 1. The molecule has 0 aliphatic rings. The second kappa shape index (κ2) is 6.20. The number of aromatic amines is 1. The van der Waals surface area contributed by atoms with Gasteiger partial charge in [0.25, 0.3) is 11.5 Å². The highest BCUT2D eigenvalue weighted by atomic mass is 79.9. The van der Waals surface area contributed by atoms with Gasteiger partial charge in [0.05, 0.1) is 17.4 Å². The van der Waals surface area contributed by atoms with Crippen molar-refractivity contribution in [3.05, 3.63) is 51.2 Å². The number of halogens is 1. The summed E-state index contributed by atoms with van der Waals surface area (Å²) in [6.07, 6.45) is 1.36. The van der Waals surface area contributed by atoms with Crippen molar-refractivity contribution in [1.29, 1.82) is 0 Å². The summed E-state index contributed by atoms with van der Waals surface area (Å²) >= 11 is 3.10. The first kappa shape index (κ1) is 14.1. The summed E-state index contributed by atoms with van der Waals surface area (Å²) in [6, 6.07) is 6.08. The van der Waals surface area contributed by atoms with Crippen LogP contribution in [0.2, 0.25) is 0 Å². The smallest absolute Gasteiger partial charge is 0.287 e. The Morgan fingerprint density at radius 2 is 2.10 bits per heavy atom. The normalized spacial score (nSPS) is 10.1. The molecule has 2 aromatic rings. The van der Waals surface area contributed by atoms with Crippen molar-refractivity contribution >= 4 is 33.4 Å². The Labute approximate surface area is 121 Å². The van der Waals surface area contributed by atoms with E-state index in [1.54, 1.807) is 12.1 Å². The zero-order chi connectivity index (χ0) is 14.5. The molecule has 0 aliphatic carbocycles. The van der Waals surface area contributed by atoms with E-state index < -0.39 is 17.4 Å². The maximum atomic E-state index is 11.6. The summed E-state index contributed by atoms with van der Waals surface area (Å²) in [7, 11) is 0. The molecule has 2 aromatic heterocycles. The van der Waals surface area contributed by atoms with Crippen LogP contribution in [0.25, 0.3) is 0 Å². The number of rotatable bonds is 4. The Morgan fingerprint density at radius 3 is 2.75 bits per heavy atom. The summed E-state index contributed by atoms with van der Waals surface area (Å²) in [6.45, 7) is -0.269. The van der Waals surface area contributed by atoms with Gasteiger partial charge in [-0.3, -0.25) is 14.4 Å². The highest BCUT2D eigenvalue weighted by molar-refractivity contribution is 9.10. The summed E-state index contributed by atoms with van der Waals surface area (Å²) in [4.78, 5) is 37.1. The van der Waals surface area contributed by atoms with Gasteiger partial charge >= 0.3 is 0 Å². The minimum Gasteiger partial charge on any atom is -0.459 e. The van der Waals surface area contributed by atoms with E-state index in [9.17, 15) is 14.4 Å². The molecule has 0 aliphatic heterocycles. The summed E-state index contributed by atoms with van der Waals surface area (Å²) in [5.41, 5.74) is -0.337. The van der Waals surface area contributed by atoms with Crippen LogP contribution in [0.15, 0.2) is 44.3 Å². The van der Waals surface area contributed by atoms with Crippen molar-refractivity contribution in [2.75, 3.05) is 11.9 Å². The number of nitrogens with one attached hydrogen (secondary N) is 3. The SMILES string of the molecule is O=C(CNC(=O)c1ccco1)Nc1ccc(Br)[nH]c1=O. The minimum absolute atomic E-state index is 0.102. The van der Waals surface area contributed by atoms with Crippen LogP contribution >= 0.6 is 15.9 Å². The first-order valence-electron chi connectivity index (χ1n) is 5.56. The summed E-state index contributed by atoms with van der Waals surface area (Å²) in [5, 5.41) is 4.76. The van der Waals surface area contributed by atoms with Crippen molar-refractivity contribution in [2.24, 2.45) is 0 Å². The van der Waals surface area contributed by atoms with E-state index in [4.69, 9.17) is 4.42 Å². The van der Waals surface area contributed by atoms with E-state index in [0.717, 1.165) is 0 Å². The molecule has 2 rings (SSSR count). The zero-order valence-electron chi connectivity index (χ0n) is 10.1. The molecule has 20 heavy (non-hydrogen) atoms. The topological polar surface area (TPSA) is 104 Å². The number of hydrogen-bond acceptors (Lipinski definition) is 4. The second-order valence-electron chi connectivity index (χ2n) is 3.76. The third-order valence-corrected chi connectivity index (χ3v) is 2.77. The van der Waals surface area contributed by atoms with Crippen molar-refractivity contribution in [3.8, 4) is 0 Å². The van der Waals surface area contributed by atoms with Crippen molar-refractivity contribution in [2.45, 2.75) is 0 Å². The molecule has 0 radical (unpaired) electrons. The van der Waals surface area contributed by atoms with Gasteiger partial charge < -0.3 is 20.0 Å². The Balaban J connectivity index is 1.90. The first-order valence-corrected chi connectivity index (χ1v) is 6.36. The molecule has 104 valence electrons. The lowest BCUT2D eigenvalue weighted by Crippen LogP contribution is -2.33. The predicted octanol–water partition coefficient (Wildman–Crippen LogP) is 1.10. The molecule has 3 N–H and O–H groups in total. The fourth-order valence-electron chi connectivity index (χ4n) is 1.40. The molecule has 0 saturated heterocycles. The van der Waals surface area contributed by atoms with Gasteiger partial charge in [-0.2, -0.15) is 0 Å². The van der Waals surface area contributed by atoms with Crippen LogP contribution in [0.5, 0.6) is 0 Å². The molecular weight excluding hydrogens is 330 g/mol. The molecule has 0 bridgehead atoms. The van der Waals surface area contributed by atoms with Crippen LogP contribution in [0.3, 0.4) is 0 Å². The fourth-order valence-corrected chi connectivity index (χ4v) is 1.71. The third kappa shape index (κ3) is 3.58. The van der Waals surface area contributed by atoms with E-state index in [2.05, 4.69) is 31.5 Å². The molecular formula is C12H10BrN3O4. The molecule has 0 aromatic carbocycles. The monoisotopic (exact) mass is 339 g/mol. The third-order valence-electron chi connectivity index (χ3n) is 2.30. The van der Waals surface area contributed by atoms with Gasteiger partial charge in [-0.25, -0.2) is 0 Å². The molecule has 2 heterocycles. The summed E-state index contributed by atoms with van der Waals surface area (Å²) in [5.74, 6) is -0.910. The number of H-pyrrole nitrogens is 1. The number of amides is 2. The Hall–Kier alpha value is -2.35. The van der Waals surface area contributed by atoms with E-state index in [0.29, 0.717) is 4.60 Å². The van der Waals surface area contributed by atoms with Crippen molar-refractivity contribution in [1.82, 2.24) is 10.3 Å². The molecule has 0 saturated carbocycles. The largest absolute Gasteiger partial charge is 0.459 e. The number of pyridine rings is 1. The standard InChI is InChI=1S/C12H10BrN3O4/c13-9-4-3-7(11(18)16-9)15-10(17)6-14-12(19)8-2-1-5-20-8/h1-5H,6H2,(H,14,19)(H,15,17)(H,16,18). The lowest BCUT2D eigenvalue weighted by Gasteiger charge is -2.05. The number of furan rings is 1. The minimum atomic E-state index is -0.516. The number of aromatic nitrogens is 1. The number of carbonyl (C=O) groups excluding carboxylic acids is 2. The van der Waals surface area contributed by atoms with Gasteiger partial charge in [0, 0.05) is 0 Å². The fraction of sp³-hybridized carbons (Fsp3) is 0.0833. The van der Waals surface area contributed by atoms with Gasteiger partial charge in [-0.05, 0) is 40.2 Å². The molecule has 0 spiro atoms. The van der Waals surface area contributed by atoms with Crippen LogP contribution in [0.1, 0.15) is 10.6 Å². The molecule has 0 fully saturated rings. The maximum absolute atomic E-state index is 11.6. The molecule has 0 atom stereocenters. The lowest BCUT2D eigenvalue weighted by molar-refractivity contribution is -0.115. The van der Waals surface area contributed by atoms with E-state index in [1.165, 1.54) is 18.4 Å². The van der Waals surface area contributed by atoms with E-state index in [-0.39, 0.29) is 18.0 Å². The van der Waals surface area contributed by atoms with Crippen LogP contribution in [0, 0.1) is 0 Å². The maximum Gasteiger partial charge on any atom is 0.287 e. The molecule has 7 nitrogen and oxygen atoms in total.